The van der Waals surface area contributed by atoms with Gasteiger partial charge >= 0.3 is 11.9 Å². The number of rotatable bonds is 13. The standard InChI is InChI=1S/C24H25N3O11S/c1-2-39-22-18(11-19(28)23(31)37-12-14-3-7-16(8-4-14)26(33)34)20(29)25(22)21(30)24(32)38-13-15-5-9-17(10-6-15)27(35)36/h3-10,18-19,21-22,28,30H,2,11-13H2,1H3. The first-order valence-electron chi connectivity index (χ1n) is 11.6. The molecule has 2 aromatic carbocycles. The number of likely N-dealkylation sites (tertiary alicyclic amines) is 1. The first kappa shape index (κ1) is 29.5. The molecule has 0 spiro atoms. The lowest BCUT2D eigenvalue weighted by Crippen LogP contribution is -2.65. The quantitative estimate of drug-likeness (QED) is 0.155. The monoisotopic (exact) mass is 563 g/mol. The maximum absolute atomic E-state index is 12.8. The summed E-state index contributed by atoms with van der Waals surface area (Å²) in [6.07, 6.45) is -3.90. The number of amides is 1. The van der Waals surface area contributed by atoms with E-state index in [1.165, 1.54) is 60.3 Å². The molecule has 4 atom stereocenters. The van der Waals surface area contributed by atoms with Crippen LogP contribution in [0.5, 0.6) is 0 Å². The van der Waals surface area contributed by atoms with E-state index in [2.05, 4.69) is 0 Å². The molecule has 2 N–H and O–H groups in total. The van der Waals surface area contributed by atoms with Crippen LogP contribution in [0.15, 0.2) is 48.5 Å². The van der Waals surface area contributed by atoms with Crippen LogP contribution in [0.3, 0.4) is 0 Å². The number of carbonyl (C=O) groups excluding carboxylic acids is 3. The van der Waals surface area contributed by atoms with Crippen molar-refractivity contribution in [3.63, 3.8) is 0 Å². The van der Waals surface area contributed by atoms with Crippen molar-refractivity contribution >= 4 is 41.0 Å². The Hall–Kier alpha value is -4.08. The predicted molar refractivity (Wildman–Crippen MR) is 135 cm³/mol. The Kier molecular flexibility index (Phi) is 9.92. The van der Waals surface area contributed by atoms with Crippen LogP contribution < -0.4 is 0 Å². The fourth-order valence-corrected chi connectivity index (χ4v) is 4.93. The highest BCUT2D eigenvalue weighted by Crippen LogP contribution is 2.39. The summed E-state index contributed by atoms with van der Waals surface area (Å²) in [5, 5.41) is 41.5. The molecular formula is C24H25N3O11S. The Morgan fingerprint density at radius 1 is 0.923 bits per heavy atom. The van der Waals surface area contributed by atoms with Gasteiger partial charge in [-0.15, -0.1) is 11.8 Å². The molecule has 2 aromatic rings. The van der Waals surface area contributed by atoms with Crippen LogP contribution in [-0.4, -0.2) is 66.3 Å². The molecule has 208 valence electrons. The van der Waals surface area contributed by atoms with E-state index < -0.39 is 51.3 Å². The van der Waals surface area contributed by atoms with Gasteiger partial charge in [-0.3, -0.25) is 29.9 Å². The number of thioether (sulfide) groups is 1. The van der Waals surface area contributed by atoms with Gasteiger partial charge in [0.05, 0.1) is 21.1 Å². The summed E-state index contributed by atoms with van der Waals surface area (Å²) in [5.74, 6) is -3.15. The first-order valence-corrected chi connectivity index (χ1v) is 12.7. The summed E-state index contributed by atoms with van der Waals surface area (Å²) in [6, 6.07) is 10.5. The second kappa shape index (κ2) is 13.1. The predicted octanol–water partition coefficient (Wildman–Crippen LogP) is 1.90. The number of aliphatic hydroxyl groups is 2. The topological polar surface area (TPSA) is 200 Å². The van der Waals surface area contributed by atoms with Crippen molar-refractivity contribution in [3.05, 3.63) is 79.9 Å². The van der Waals surface area contributed by atoms with Gasteiger partial charge in [-0.2, -0.15) is 0 Å². The maximum Gasteiger partial charge on any atom is 0.356 e. The molecule has 0 aliphatic carbocycles. The molecule has 3 rings (SSSR count). The molecule has 0 bridgehead atoms. The number of ether oxygens (including phenoxy) is 2. The van der Waals surface area contributed by atoms with Gasteiger partial charge in [-0.25, -0.2) is 9.59 Å². The Morgan fingerprint density at radius 2 is 1.38 bits per heavy atom. The normalized spacial score (nSPS) is 18.0. The highest BCUT2D eigenvalue weighted by atomic mass is 32.2. The van der Waals surface area contributed by atoms with Gasteiger partial charge in [0.25, 0.3) is 11.4 Å². The van der Waals surface area contributed by atoms with Crippen LogP contribution in [0.2, 0.25) is 0 Å². The van der Waals surface area contributed by atoms with Crippen molar-refractivity contribution in [3.8, 4) is 0 Å². The number of nitrogens with zero attached hydrogens (tertiary/aromatic N) is 3. The molecule has 0 radical (unpaired) electrons. The lowest BCUT2D eigenvalue weighted by Gasteiger charge is -2.48. The molecule has 1 amide bonds. The SMILES string of the molecule is CCSC1C(CC(O)C(=O)OCc2ccc([N+](=O)[O-])cc2)C(=O)N1C(O)C(=O)OCc1ccc([N+](=O)[O-])cc1. The zero-order valence-electron chi connectivity index (χ0n) is 20.6. The summed E-state index contributed by atoms with van der Waals surface area (Å²) in [4.78, 5) is 58.6. The van der Waals surface area contributed by atoms with Crippen LogP contribution in [-0.2, 0) is 37.1 Å². The second-order valence-corrected chi connectivity index (χ2v) is 9.78. The van der Waals surface area contributed by atoms with E-state index in [4.69, 9.17) is 9.47 Å². The molecule has 0 saturated carbocycles. The zero-order valence-corrected chi connectivity index (χ0v) is 21.4. The average molecular weight is 564 g/mol. The van der Waals surface area contributed by atoms with Crippen molar-refractivity contribution in [1.82, 2.24) is 4.90 Å². The van der Waals surface area contributed by atoms with Gasteiger partial charge in [0.15, 0.2) is 6.10 Å². The number of hydrogen-bond donors (Lipinski definition) is 2. The number of aliphatic hydroxyl groups excluding tert-OH is 2. The molecule has 39 heavy (non-hydrogen) atoms. The Morgan fingerprint density at radius 3 is 1.82 bits per heavy atom. The van der Waals surface area contributed by atoms with Gasteiger partial charge in [-0.05, 0) is 47.6 Å². The number of non-ortho nitro benzene ring substituents is 2. The smallest absolute Gasteiger partial charge is 0.356 e. The Balaban J connectivity index is 1.52. The second-order valence-electron chi connectivity index (χ2n) is 8.39. The maximum atomic E-state index is 12.8. The fourth-order valence-electron chi connectivity index (χ4n) is 3.75. The third kappa shape index (κ3) is 7.28. The number of carbonyl (C=O) groups is 3. The highest BCUT2D eigenvalue weighted by Gasteiger charge is 2.53. The lowest BCUT2D eigenvalue weighted by molar-refractivity contribution is -0.385. The van der Waals surface area contributed by atoms with Gasteiger partial charge < -0.3 is 19.7 Å². The third-order valence-electron chi connectivity index (χ3n) is 5.81. The Bertz CT molecular complexity index is 1220. The van der Waals surface area contributed by atoms with E-state index >= 15 is 0 Å². The first-order chi connectivity index (χ1) is 18.5. The molecular weight excluding hydrogens is 538 g/mol. The molecule has 1 heterocycles. The molecule has 14 nitrogen and oxygen atoms in total. The van der Waals surface area contributed by atoms with Crippen LogP contribution in [0, 0.1) is 26.1 Å². The summed E-state index contributed by atoms with van der Waals surface area (Å²) in [7, 11) is 0. The molecule has 15 heteroatoms. The van der Waals surface area contributed by atoms with Gasteiger partial charge in [-0.1, -0.05) is 6.92 Å². The molecule has 4 unspecified atom stereocenters. The molecule has 0 aromatic heterocycles. The number of β-lactam (4-membered cyclic amide) rings is 1. The fraction of sp³-hybridized carbons (Fsp3) is 0.375. The van der Waals surface area contributed by atoms with E-state index in [-0.39, 0.29) is 31.0 Å². The molecule has 1 fully saturated rings. The average Bonchev–Trinajstić information content (AvgIpc) is 2.93. The van der Waals surface area contributed by atoms with E-state index in [1.54, 1.807) is 6.92 Å². The highest BCUT2D eigenvalue weighted by molar-refractivity contribution is 7.99. The number of esters is 2. The van der Waals surface area contributed by atoms with Crippen molar-refractivity contribution in [2.45, 2.75) is 44.3 Å². The minimum Gasteiger partial charge on any atom is -0.459 e. The van der Waals surface area contributed by atoms with E-state index in [9.17, 15) is 44.8 Å². The van der Waals surface area contributed by atoms with Crippen molar-refractivity contribution in [2.24, 2.45) is 5.92 Å². The third-order valence-corrected chi connectivity index (χ3v) is 7.04. The summed E-state index contributed by atoms with van der Waals surface area (Å²) >= 11 is 1.23. The molecule has 1 aliphatic rings. The number of hydrogen-bond acceptors (Lipinski definition) is 12. The van der Waals surface area contributed by atoms with Crippen LogP contribution >= 0.6 is 11.8 Å². The molecule has 1 saturated heterocycles. The van der Waals surface area contributed by atoms with E-state index in [1.807, 2.05) is 0 Å². The largest absolute Gasteiger partial charge is 0.459 e. The number of nitro groups is 2. The van der Waals surface area contributed by atoms with E-state index in [0.29, 0.717) is 16.9 Å². The van der Waals surface area contributed by atoms with Crippen LogP contribution in [0.1, 0.15) is 24.5 Å². The van der Waals surface area contributed by atoms with Gasteiger partial charge in [0.2, 0.25) is 12.1 Å². The van der Waals surface area contributed by atoms with Crippen molar-refractivity contribution in [1.29, 1.82) is 0 Å². The van der Waals surface area contributed by atoms with Crippen molar-refractivity contribution in [2.75, 3.05) is 5.75 Å². The minimum absolute atomic E-state index is 0.130. The lowest BCUT2D eigenvalue weighted by atomic mass is 9.91. The van der Waals surface area contributed by atoms with Crippen molar-refractivity contribution < 1.29 is 43.9 Å². The zero-order chi connectivity index (χ0) is 28.7. The number of nitro benzene ring substituents is 2. The summed E-state index contributed by atoms with van der Waals surface area (Å²) < 4.78 is 10.1. The summed E-state index contributed by atoms with van der Waals surface area (Å²) in [5.41, 5.74) is 0.625. The van der Waals surface area contributed by atoms with E-state index in [0.717, 1.165) is 4.90 Å². The van der Waals surface area contributed by atoms with Crippen LogP contribution in [0.25, 0.3) is 0 Å². The minimum atomic E-state index is -1.93. The summed E-state index contributed by atoms with van der Waals surface area (Å²) in [6.45, 7) is 1.26. The van der Waals surface area contributed by atoms with Gasteiger partial charge in [0.1, 0.15) is 13.2 Å². The van der Waals surface area contributed by atoms with Crippen LogP contribution in [0.4, 0.5) is 11.4 Å². The van der Waals surface area contributed by atoms with Gasteiger partial charge in [0, 0.05) is 24.3 Å². The Labute approximate surface area is 225 Å². The molecule has 1 aliphatic heterocycles. The number of benzene rings is 2.